The number of hydrogen-bond donors (Lipinski definition) is 1. The third-order valence-corrected chi connectivity index (χ3v) is 3.68. The van der Waals surface area contributed by atoms with Gasteiger partial charge < -0.3 is 9.88 Å². The van der Waals surface area contributed by atoms with Crippen molar-refractivity contribution in [3.8, 4) is 0 Å². The summed E-state index contributed by atoms with van der Waals surface area (Å²) in [6, 6.07) is 0.627. The first kappa shape index (κ1) is 12.5. The molecule has 1 saturated carbocycles. The van der Waals surface area contributed by atoms with E-state index in [9.17, 15) is 0 Å². The number of hydrogen-bond acceptors (Lipinski definition) is 2. The Kier molecular flexibility index (Phi) is 4.46. The van der Waals surface area contributed by atoms with Crippen LogP contribution in [-0.4, -0.2) is 15.6 Å². The van der Waals surface area contributed by atoms with Crippen molar-refractivity contribution in [1.29, 1.82) is 0 Å². The monoisotopic (exact) mass is 235 g/mol. The lowest BCUT2D eigenvalue weighted by Gasteiger charge is -2.21. The van der Waals surface area contributed by atoms with Crippen LogP contribution in [0.1, 0.15) is 57.6 Å². The minimum Gasteiger partial charge on any atom is -0.353 e. The summed E-state index contributed by atoms with van der Waals surface area (Å²) in [5.74, 6) is 1.07. The van der Waals surface area contributed by atoms with Gasteiger partial charge in [-0.2, -0.15) is 0 Å². The van der Waals surface area contributed by atoms with Crippen molar-refractivity contribution in [2.45, 2.75) is 71.4 Å². The van der Waals surface area contributed by atoms with E-state index in [0.29, 0.717) is 6.04 Å². The van der Waals surface area contributed by atoms with Crippen LogP contribution in [0, 0.1) is 6.92 Å². The van der Waals surface area contributed by atoms with Gasteiger partial charge in [0.25, 0.3) is 0 Å². The largest absolute Gasteiger partial charge is 0.353 e. The van der Waals surface area contributed by atoms with Crippen molar-refractivity contribution in [3.05, 3.63) is 11.9 Å². The fraction of sp³-hybridized carbons (Fsp3) is 0.786. The fourth-order valence-corrected chi connectivity index (χ4v) is 2.69. The molecule has 1 aliphatic carbocycles. The lowest BCUT2D eigenvalue weighted by molar-refractivity contribution is 0.468. The number of nitrogens with one attached hydrogen (secondary N) is 1. The molecular weight excluding hydrogens is 210 g/mol. The predicted molar refractivity (Wildman–Crippen MR) is 72.4 cm³/mol. The molecule has 0 aliphatic heterocycles. The second-order valence-corrected chi connectivity index (χ2v) is 5.18. The van der Waals surface area contributed by atoms with Gasteiger partial charge in [-0.3, -0.25) is 0 Å². The first-order valence-corrected chi connectivity index (χ1v) is 7.10. The molecule has 2 rings (SSSR count). The standard InChI is InChI=1S/C14H25N3/c1-3-17-11-12(2)15-14(17)16-13-9-7-5-4-6-8-10-13/h11,13H,3-10H2,1-2H3,(H,15,16). The van der Waals surface area contributed by atoms with E-state index in [1.165, 1.54) is 44.9 Å². The third-order valence-electron chi connectivity index (χ3n) is 3.68. The third kappa shape index (κ3) is 3.48. The van der Waals surface area contributed by atoms with Crippen LogP contribution in [-0.2, 0) is 6.54 Å². The van der Waals surface area contributed by atoms with Crippen LogP contribution in [0.25, 0.3) is 0 Å². The molecule has 1 heterocycles. The molecule has 0 radical (unpaired) electrons. The highest BCUT2D eigenvalue weighted by Crippen LogP contribution is 2.20. The van der Waals surface area contributed by atoms with Crippen LogP contribution in [0.4, 0.5) is 5.95 Å². The summed E-state index contributed by atoms with van der Waals surface area (Å²) in [7, 11) is 0. The highest BCUT2D eigenvalue weighted by Gasteiger charge is 2.13. The molecule has 1 aromatic rings. The minimum atomic E-state index is 0.627. The van der Waals surface area contributed by atoms with Gasteiger partial charge in [0.1, 0.15) is 0 Å². The minimum absolute atomic E-state index is 0.627. The summed E-state index contributed by atoms with van der Waals surface area (Å²) in [5, 5.41) is 3.64. The van der Waals surface area contributed by atoms with Crippen LogP contribution in [0.15, 0.2) is 6.20 Å². The van der Waals surface area contributed by atoms with E-state index in [0.717, 1.165) is 18.2 Å². The molecule has 3 nitrogen and oxygen atoms in total. The molecule has 0 bridgehead atoms. The number of aryl methyl sites for hydroxylation is 2. The Hall–Kier alpha value is -0.990. The summed E-state index contributed by atoms with van der Waals surface area (Å²) in [6.07, 6.45) is 11.7. The number of nitrogens with zero attached hydrogens (tertiary/aromatic N) is 2. The van der Waals surface area contributed by atoms with Gasteiger partial charge in [0.05, 0.1) is 5.69 Å². The molecule has 0 saturated heterocycles. The lowest BCUT2D eigenvalue weighted by Crippen LogP contribution is -2.22. The smallest absolute Gasteiger partial charge is 0.203 e. The SMILES string of the molecule is CCn1cc(C)nc1NC1CCCCCCC1. The lowest BCUT2D eigenvalue weighted by atomic mass is 9.97. The van der Waals surface area contributed by atoms with E-state index >= 15 is 0 Å². The molecule has 0 aromatic carbocycles. The van der Waals surface area contributed by atoms with E-state index < -0.39 is 0 Å². The van der Waals surface area contributed by atoms with Crippen LogP contribution in [0.5, 0.6) is 0 Å². The van der Waals surface area contributed by atoms with E-state index in [1.54, 1.807) is 0 Å². The first-order chi connectivity index (χ1) is 8.29. The summed E-state index contributed by atoms with van der Waals surface area (Å²) >= 11 is 0. The van der Waals surface area contributed by atoms with Gasteiger partial charge in [-0.05, 0) is 26.7 Å². The molecular formula is C14H25N3. The van der Waals surface area contributed by atoms with Gasteiger partial charge in [-0.1, -0.05) is 32.1 Å². The molecule has 1 aromatic heterocycles. The average molecular weight is 235 g/mol. The van der Waals surface area contributed by atoms with E-state index in [4.69, 9.17) is 0 Å². The molecule has 0 atom stereocenters. The van der Waals surface area contributed by atoms with E-state index in [2.05, 4.69) is 34.9 Å². The Labute approximate surface area is 105 Å². The quantitative estimate of drug-likeness (QED) is 0.865. The topological polar surface area (TPSA) is 29.9 Å². The fourth-order valence-electron chi connectivity index (χ4n) is 2.69. The Morgan fingerprint density at radius 1 is 1.24 bits per heavy atom. The summed E-state index contributed by atoms with van der Waals surface area (Å²) < 4.78 is 2.22. The molecule has 1 aliphatic rings. The van der Waals surface area contributed by atoms with Crippen LogP contribution in [0.2, 0.25) is 0 Å². The summed E-state index contributed by atoms with van der Waals surface area (Å²) in [6.45, 7) is 5.23. The van der Waals surface area contributed by atoms with Gasteiger partial charge >= 0.3 is 0 Å². The van der Waals surface area contributed by atoms with Crippen LogP contribution >= 0.6 is 0 Å². The van der Waals surface area contributed by atoms with Crippen molar-refractivity contribution in [2.75, 3.05) is 5.32 Å². The van der Waals surface area contributed by atoms with E-state index in [1.807, 2.05) is 0 Å². The van der Waals surface area contributed by atoms with E-state index in [-0.39, 0.29) is 0 Å². The van der Waals surface area contributed by atoms with Crippen molar-refractivity contribution < 1.29 is 0 Å². The molecule has 1 N–H and O–H groups in total. The van der Waals surface area contributed by atoms with Crippen LogP contribution < -0.4 is 5.32 Å². The summed E-state index contributed by atoms with van der Waals surface area (Å²) in [5.41, 5.74) is 1.11. The van der Waals surface area contributed by atoms with Gasteiger partial charge in [0.2, 0.25) is 5.95 Å². The Bertz CT molecular complexity index is 335. The van der Waals surface area contributed by atoms with Gasteiger partial charge in [-0.25, -0.2) is 4.98 Å². The molecule has 1 fully saturated rings. The maximum Gasteiger partial charge on any atom is 0.203 e. The maximum atomic E-state index is 4.58. The van der Waals surface area contributed by atoms with Crippen molar-refractivity contribution >= 4 is 5.95 Å². The highest BCUT2D eigenvalue weighted by atomic mass is 15.2. The second kappa shape index (κ2) is 6.08. The van der Waals surface area contributed by atoms with Crippen LogP contribution in [0.3, 0.4) is 0 Å². The molecule has 0 unspecified atom stereocenters. The summed E-state index contributed by atoms with van der Waals surface area (Å²) in [4.78, 5) is 4.58. The number of imidazole rings is 1. The predicted octanol–water partition coefficient (Wildman–Crippen LogP) is 3.74. The number of rotatable bonds is 3. The molecule has 3 heteroatoms. The zero-order valence-electron chi connectivity index (χ0n) is 11.2. The molecule has 0 spiro atoms. The van der Waals surface area contributed by atoms with Gasteiger partial charge in [0.15, 0.2) is 0 Å². The number of aromatic nitrogens is 2. The Balaban J connectivity index is 1.97. The molecule has 96 valence electrons. The van der Waals surface area contributed by atoms with Crippen molar-refractivity contribution in [1.82, 2.24) is 9.55 Å². The van der Waals surface area contributed by atoms with Crippen molar-refractivity contribution in [3.63, 3.8) is 0 Å². The highest BCUT2D eigenvalue weighted by molar-refractivity contribution is 5.30. The number of anilines is 1. The zero-order chi connectivity index (χ0) is 12.1. The first-order valence-electron chi connectivity index (χ1n) is 7.10. The van der Waals surface area contributed by atoms with Gasteiger partial charge in [-0.15, -0.1) is 0 Å². The molecule has 17 heavy (non-hydrogen) atoms. The average Bonchev–Trinajstić information content (AvgIpc) is 2.62. The maximum absolute atomic E-state index is 4.58. The zero-order valence-corrected chi connectivity index (χ0v) is 11.2. The van der Waals surface area contributed by atoms with Crippen molar-refractivity contribution in [2.24, 2.45) is 0 Å². The normalized spacial score (nSPS) is 18.7. The molecule has 0 amide bonds. The second-order valence-electron chi connectivity index (χ2n) is 5.18. The van der Waals surface area contributed by atoms with Gasteiger partial charge in [0, 0.05) is 18.8 Å². The Morgan fingerprint density at radius 2 is 1.88 bits per heavy atom. The Morgan fingerprint density at radius 3 is 2.53 bits per heavy atom.